The summed E-state index contributed by atoms with van der Waals surface area (Å²) in [5, 5.41) is 26.0. The van der Waals surface area contributed by atoms with Crippen LogP contribution in [0, 0.1) is 6.92 Å². The zero-order valence-electron chi connectivity index (χ0n) is 15.9. The second-order valence-electron chi connectivity index (χ2n) is 6.61. The maximum Gasteiger partial charge on any atom is 0.319 e. The predicted octanol–water partition coefficient (Wildman–Crippen LogP) is 2.57. The average molecular weight is 394 g/mol. The molecule has 0 saturated carbocycles. The summed E-state index contributed by atoms with van der Waals surface area (Å²) in [7, 11) is 0. The van der Waals surface area contributed by atoms with Crippen LogP contribution in [0.5, 0.6) is 0 Å². The Hall–Kier alpha value is -3.75. The number of rotatable bonds is 8. The maximum absolute atomic E-state index is 12.5. The number of nitrogens with one attached hydrogen (secondary N) is 2. The van der Waals surface area contributed by atoms with Crippen LogP contribution in [-0.4, -0.2) is 43.4 Å². The van der Waals surface area contributed by atoms with Gasteiger partial charge in [0.05, 0.1) is 5.69 Å². The van der Waals surface area contributed by atoms with Crippen LogP contribution in [0.25, 0.3) is 5.69 Å². The molecule has 9 nitrogen and oxygen atoms in total. The fraction of sp³-hybridized carbons (Fsp3) is 0.250. The summed E-state index contributed by atoms with van der Waals surface area (Å²) in [6, 6.07) is 16.1. The number of hydrogen-bond acceptors (Lipinski definition) is 5. The molecule has 0 aliphatic heterocycles. The Kier molecular flexibility index (Phi) is 6.51. The molecule has 0 aliphatic carbocycles. The van der Waals surface area contributed by atoms with E-state index in [4.69, 9.17) is 5.11 Å². The Bertz CT molecular complexity index is 973. The van der Waals surface area contributed by atoms with E-state index in [1.54, 1.807) is 29.8 Å². The zero-order chi connectivity index (χ0) is 20.6. The third kappa shape index (κ3) is 5.86. The summed E-state index contributed by atoms with van der Waals surface area (Å²) < 4.78 is 1.56. The Morgan fingerprint density at radius 1 is 1.14 bits per heavy atom. The van der Waals surface area contributed by atoms with Crippen molar-refractivity contribution >= 4 is 17.7 Å². The van der Waals surface area contributed by atoms with Crippen molar-refractivity contribution in [2.45, 2.75) is 32.2 Å². The van der Waals surface area contributed by atoms with E-state index in [1.165, 1.54) is 0 Å². The van der Waals surface area contributed by atoms with Gasteiger partial charge in [0.2, 0.25) is 0 Å². The van der Waals surface area contributed by atoms with Gasteiger partial charge in [-0.2, -0.15) is 4.68 Å². The fourth-order valence-corrected chi connectivity index (χ4v) is 2.96. The summed E-state index contributed by atoms with van der Waals surface area (Å²) in [4.78, 5) is 23.5. The van der Waals surface area contributed by atoms with E-state index < -0.39 is 12.0 Å². The largest absolute Gasteiger partial charge is 0.481 e. The molecule has 3 aromatic rings. The minimum Gasteiger partial charge on any atom is -0.481 e. The van der Waals surface area contributed by atoms with Gasteiger partial charge in [0.1, 0.15) is 0 Å². The van der Waals surface area contributed by atoms with Crippen molar-refractivity contribution in [3.8, 4) is 5.69 Å². The number of benzene rings is 2. The SMILES string of the molecule is Cc1nnnn1-c1cccc(NC(=O)NC(CCC(=O)O)Cc2ccccc2)c1. The van der Waals surface area contributed by atoms with Crippen LogP contribution in [0.4, 0.5) is 10.5 Å². The van der Waals surface area contributed by atoms with E-state index in [1.807, 2.05) is 36.4 Å². The molecule has 0 saturated heterocycles. The Morgan fingerprint density at radius 3 is 2.62 bits per heavy atom. The lowest BCUT2D eigenvalue weighted by Crippen LogP contribution is -2.39. The molecule has 0 fully saturated rings. The van der Waals surface area contributed by atoms with Gasteiger partial charge in [0, 0.05) is 18.2 Å². The zero-order valence-corrected chi connectivity index (χ0v) is 15.9. The normalized spacial score (nSPS) is 11.6. The topological polar surface area (TPSA) is 122 Å². The minimum atomic E-state index is -0.894. The number of aromatic nitrogens is 4. The fourth-order valence-electron chi connectivity index (χ4n) is 2.96. The summed E-state index contributed by atoms with van der Waals surface area (Å²) in [6.07, 6.45) is 0.860. The van der Waals surface area contributed by atoms with Crippen LogP contribution >= 0.6 is 0 Å². The number of carbonyl (C=O) groups is 2. The number of tetrazole rings is 1. The van der Waals surface area contributed by atoms with Crippen molar-refractivity contribution in [3.63, 3.8) is 0 Å². The number of carboxylic acid groups (broad SMARTS) is 1. The van der Waals surface area contributed by atoms with Crippen molar-refractivity contribution in [1.82, 2.24) is 25.5 Å². The summed E-state index contributed by atoms with van der Waals surface area (Å²) in [5.41, 5.74) is 2.32. The van der Waals surface area contributed by atoms with E-state index in [2.05, 4.69) is 26.2 Å². The molecule has 1 aromatic heterocycles. The van der Waals surface area contributed by atoms with Crippen LogP contribution < -0.4 is 10.6 Å². The molecule has 1 atom stereocenters. The summed E-state index contributed by atoms with van der Waals surface area (Å²) in [6.45, 7) is 1.78. The number of urea groups is 1. The maximum atomic E-state index is 12.5. The number of carbonyl (C=O) groups excluding carboxylic acids is 1. The molecule has 2 amide bonds. The predicted molar refractivity (Wildman–Crippen MR) is 107 cm³/mol. The van der Waals surface area contributed by atoms with E-state index in [-0.39, 0.29) is 12.5 Å². The van der Waals surface area contributed by atoms with Gasteiger partial charge in [0.15, 0.2) is 5.82 Å². The first-order valence-electron chi connectivity index (χ1n) is 9.20. The van der Waals surface area contributed by atoms with Gasteiger partial charge in [-0.3, -0.25) is 4.79 Å². The number of nitrogens with zero attached hydrogens (tertiary/aromatic N) is 4. The molecule has 1 heterocycles. The summed E-state index contributed by atoms with van der Waals surface area (Å²) >= 11 is 0. The van der Waals surface area contributed by atoms with Gasteiger partial charge < -0.3 is 15.7 Å². The molecule has 9 heteroatoms. The van der Waals surface area contributed by atoms with Gasteiger partial charge in [-0.25, -0.2) is 4.79 Å². The van der Waals surface area contributed by atoms with Crippen molar-refractivity contribution in [2.75, 3.05) is 5.32 Å². The van der Waals surface area contributed by atoms with Gasteiger partial charge in [-0.05, 0) is 54.0 Å². The van der Waals surface area contributed by atoms with E-state index in [0.717, 1.165) is 11.3 Å². The average Bonchev–Trinajstić information content (AvgIpc) is 3.13. The lowest BCUT2D eigenvalue weighted by Gasteiger charge is -2.19. The standard InChI is InChI=1S/C20H22N6O3/c1-14-23-24-25-26(14)18-9-5-8-16(13-18)21-20(29)22-17(10-11-19(27)28)12-15-6-3-2-4-7-15/h2-9,13,17H,10-12H2,1H3,(H,27,28)(H2,21,22,29). The number of hydrogen-bond donors (Lipinski definition) is 3. The highest BCUT2D eigenvalue weighted by atomic mass is 16.4. The van der Waals surface area contributed by atoms with E-state index >= 15 is 0 Å². The highest BCUT2D eigenvalue weighted by Crippen LogP contribution is 2.15. The number of carboxylic acids is 1. The quantitative estimate of drug-likeness (QED) is 0.540. The Balaban J connectivity index is 1.66. The monoisotopic (exact) mass is 394 g/mol. The van der Waals surface area contributed by atoms with Crippen molar-refractivity contribution in [2.24, 2.45) is 0 Å². The van der Waals surface area contributed by atoms with Crippen molar-refractivity contribution in [3.05, 3.63) is 66.0 Å². The van der Waals surface area contributed by atoms with Crippen LogP contribution in [0.3, 0.4) is 0 Å². The highest BCUT2D eigenvalue weighted by Gasteiger charge is 2.15. The highest BCUT2D eigenvalue weighted by molar-refractivity contribution is 5.89. The molecule has 3 N–H and O–H groups in total. The molecule has 3 rings (SSSR count). The molecule has 0 aliphatic rings. The second-order valence-corrected chi connectivity index (χ2v) is 6.61. The van der Waals surface area contributed by atoms with E-state index in [9.17, 15) is 9.59 Å². The van der Waals surface area contributed by atoms with Crippen LogP contribution in [0.2, 0.25) is 0 Å². The molecule has 0 bridgehead atoms. The summed E-state index contributed by atoms with van der Waals surface area (Å²) in [5.74, 6) is -0.266. The molecule has 1 unspecified atom stereocenters. The molecule has 150 valence electrons. The van der Waals surface area contributed by atoms with E-state index in [0.29, 0.717) is 24.4 Å². The van der Waals surface area contributed by atoms with Gasteiger partial charge in [-0.1, -0.05) is 36.4 Å². The Morgan fingerprint density at radius 2 is 1.93 bits per heavy atom. The lowest BCUT2D eigenvalue weighted by molar-refractivity contribution is -0.137. The third-order valence-electron chi connectivity index (χ3n) is 4.34. The van der Waals surface area contributed by atoms with Crippen LogP contribution in [0.1, 0.15) is 24.2 Å². The Labute approximate surface area is 167 Å². The van der Waals surface area contributed by atoms with Gasteiger partial charge in [-0.15, -0.1) is 5.10 Å². The number of aryl methyl sites for hydroxylation is 1. The number of aliphatic carboxylic acids is 1. The molecule has 29 heavy (non-hydrogen) atoms. The van der Waals surface area contributed by atoms with Crippen LogP contribution in [-0.2, 0) is 11.2 Å². The molecule has 2 aromatic carbocycles. The molecule has 0 spiro atoms. The van der Waals surface area contributed by atoms with Gasteiger partial charge in [0.25, 0.3) is 0 Å². The van der Waals surface area contributed by atoms with Crippen molar-refractivity contribution in [1.29, 1.82) is 0 Å². The number of amides is 2. The minimum absolute atomic E-state index is 0.0220. The molecular formula is C20H22N6O3. The second kappa shape index (κ2) is 9.45. The smallest absolute Gasteiger partial charge is 0.319 e. The third-order valence-corrected chi connectivity index (χ3v) is 4.34. The first-order chi connectivity index (χ1) is 14.0. The van der Waals surface area contributed by atoms with Crippen LogP contribution in [0.15, 0.2) is 54.6 Å². The molecule has 0 radical (unpaired) electrons. The van der Waals surface area contributed by atoms with Crippen molar-refractivity contribution < 1.29 is 14.7 Å². The molecular weight excluding hydrogens is 372 g/mol. The lowest BCUT2D eigenvalue weighted by atomic mass is 10.0. The number of anilines is 1. The van der Waals surface area contributed by atoms with Gasteiger partial charge >= 0.3 is 12.0 Å². The first kappa shape index (κ1) is 20.0. The first-order valence-corrected chi connectivity index (χ1v) is 9.20.